The van der Waals surface area contributed by atoms with Gasteiger partial charge in [-0.05, 0) is 76.6 Å². The molecule has 0 radical (unpaired) electrons. The Morgan fingerprint density at radius 1 is 1.14 bits per heavy atom. The molecule has 2 aliphatic heterocycles. The third-order valence-corrected chi connectivity index (χ3v) is 6.48. The van der Waals surface area contributed by atoms with Crippen LogP contribution < -0.4 is 10.4 Å². The minimum Gasteiger partial charge on any atom is -0.480 e. The molecule has 0 N–H and O–H groups in total. The molecule has 2 fully saturated rings. The van der Waals surface area contributed by atoms with Gasteiger partial charge in [-0.25, -0.2) is 4.79 Å². The summed E-state index contributed by atoms with van der Waals surface area (Å²) in [6.07, 6.45) is 3.37. The third kappa shape index (κ3) is 3.66. The van der Waals surface area contributed by atoms with Crippen LogP contribution in [0.4, 0.5) is 0 Å². The van der Waals surface area contributed by atoms with E-state index < -0.39 is 6.10 Å². The van der Waals surface area contributed by atoms with Crippen molar-refractivity contribution in [3.8, 4) is 5.75 Å². The Balaban J connectivity index is 1.54. The van der Waals surface area contributed by atoms with Crippen LogP contribution in [0.2, 0.25) is 0 Å². The molecule has 0 bridgehead atoms. The fourth-order valence-electron chi connectivity index (χ4n) is 4.56. The molecular weight excluding hydrogens is 370 g/mol. The maximum Gasteiger partial charge on any atom is 0.339 e. The van der Waals surface area contributed by atoms with Gasteiger partial charge in [0.25, 0.3) is 5.91 Å². The monoisotopic (exact) mass is 399 g/mol. The average Bonchev–Trinajstić information content (AvgIpc) is 3.13. The smallest absolute Gasteiger partial charge is 0.339 e. The van der Waals surface area contributed by atoms with Crippen LogP contribution in [0.25, 0.3) is 11.0 Å². The molecular formula is C23H29NO5. The molecule has 3 heterocycles. The van der Waals surface area contributed by atoms with Gasteiger partial charge in [0.05, 0.1) is 11.0 Å². The number of likely N-dealkylation sites (tertiary alicyclic amines) is 1. The van der Waals surface area contributed by atoms with Crippen molar-refractivity contribution in [2.45, 2.75) is 65.1 Å². The highest BCUT2D eigenvalue weighted by Crippen LogP contribution is 2.36. The number of piperidine rings is 1. The fourth-order valence-corrected chi connectivity index (χ4v) is 4.56. The van der Waals surface area contributed by atoms with E-state index in [1.807, 2.05) is 30.9 Å². The zero-order valence-corrected chi connectivity index (χ0v) is 17.7. The van der Waals surface area contributed by atoms with Crippen LogP contribution in [0.1, 0.15) is 49.3 Å². The van der Waals surface area contributed by atoms with E-state index in [4.69, 9.17) is 13.9 Å². The molecule has 156 valence electrons. The van der Waals surface area contributed by atoms with E-state index >= 15 is 0 Å². The van der Waals surface area contributed by atoms with Gasteiger partial charge in [-0.2, -0.15) is 0 Å². The molecule has 1 atom stereocenters. The number of carbonyl (C=O) groups is 1. The van der Waals surface area contributed by atoms with Crippen LogP contribution in [0.15, 0.2) is 21.3 Å². The first-order valence-corrected chi connectivity index (χ1v) is 10.4. The van der Waals surface area contributed by atoms with Crippen molar-refractivity contribution in [1.29, 1.82) is 0 Å². The summed E-state index contributed by atoms with van der Waals surface area (Å²) in [6.45, 7) is 9.57. The number of ether oxygens (including phenoxy) is 2. The minimum absolute atomic E-state index is 0.0141. The molecule has 1 aromatic heterocycles. The number of benzene rings is 1. The van der Waals surface area contributed by atoms with Gasteiger partial charge in [-0.15, -0.1) is 0 Å². The Labute approximate surface area is 170 Å². The first kappa shape index (κ1) is 20.0. The van der Waals surface area contributed by atoms with Crippen molar-refractivity contribution < 1.29 is 18.7 Å². The SMILES string of the molecule is Cc1cc(OC(C)C(=O)N2CCC3(CCCO3)CC2)c2c(C)c(C)c(=O)oc2c1. The Morgan fingerprint density at radius 2 is 1.86 bits per heavy atom. The van der Waals surface area contributed by atoms with Gasteiger partial charge in [-0.3, -0.25) is 4.79 Å². The van der Waals surface area contributed by atoms with Crippen molar-refractivity contribution in [2.24, 2.45) is 0 Å². The summed E-state index contributed by atoms with van der Waals surface area (Å²) in [5.41, 5.74) is 2.43. The van der Waals surface area contributed by atoms with Crippen molar-refractivity contribution in [3.63, 3.8) is 0 Å². The van der Waals surface area contributed by atoms with Crippen LogP contribution in [0, 0.1) is 20.8 Å². The molecule has 1 spiro atoms. The molecule has 1 amide bonds. The fraction of sp³-hybridized carbons (Fsp3) is 0.565. The van der Waals surface area contributed by atoms with Crippen molar-refractivity contribution in [2.75, 3.05) is 19.7 Å². The lowest BCUT2D eigenvalue weighted by Crippen LogP contribution is -2.49. The van der Waals surface area contributed by atoms with Gasteiger partial charge < -0.3 is 18.8 Å². The molecule has 29 heavy (non-hydrogen) atoms. The van der Waals surface area contributed by atoms with Gasteiger partial charge in [0.15, 0.2) is 6.10 Å². The summed E-state index contributed by atoms with van der Waals surface area (Å²) in [4.78, 5) is 26.9. The van der Waals surface area contributed by atoms with E-state index in [2.05, 4.69) is 0 Å². The topological polar surface area (TPSA) is 69.0 Å². The lowest BCUT2D eigenvalue weighted by atomic mass is 9.88. The standard InChI is InChI=1S/C23H29NO5/c1-14-12-18(20-15(2)16(3)22(26)29-19(20)13-14)28-17(4)21(25)24-9-7-23(8-10-24)6-5-11-27-23/h12-13,17H,5-11H2,1-4H3. The molecule has 1 aromatic carbocycles. The van der Waals surface area contributed by atoms with Gasteiger partial charge in [0, 0.05) is 25.3 Å². The first-order valence-electron chi connectivity index (χ1n) is 10.4. The summed E-state index contributed by atoms with van der Waals surface area (Å²) in [6, 6.07) is 3.73. The summed E-state index contributed by atoms with van der Waals surface area (Å²) in [5, 5.41) is 0.754. The maximum atomic E-state index is 13.0. The quantitative estimate of drug-likeness (QED) is 0.737. The molecule has 4 rings (SSSR count). The molecule has 1 unspecified atom stereocenters. The Bertz CT molecular complexity index is 992. The number of hydrogen-bond donors (Lipinski definition) is 0. The van der Waals surface area contributed by atoms with E-state index in [0.717, 1.165) is 48.8 Å². The van der Waals surface area contributed by atoms with E-state index in [1.54, 1.807) is 13.8 Å². The lowest BCUT2D eigenvalue weighted by Gasteiger charge is -2.39. The molecule has 0 saturated carbocycles. The third-order valence-electron chi connectivity index (χ3n) is 6.48. The van der Waals surface area contributed by atoms with Gasteiger partial charge in [-0.1, -0.05) is 0 Å². The second-order valence-corrected chi connectivity index (χ2v) is 8.50. The van der Waals surface area contributed by atoms with Crippen molar-refractivity contribution >= 4 is 16.9 Å². The van der Waals surface area contributed by atoms with Gasteiger partial charge in [0.1, 0.15) is 11.3 Å². The van der Waals surface area contributed by atoms with E-state index in [1.165, 1.54) is 0 Å². The minimum atomic E-state index is -0.620. The molecule has 2 saturated heterocycles. The number of amides is 1. The number of aryl methyl sites for hydroxylation is 2. The van der Waals surface area contributed by atoms with Crippen molar-refractivity contribution in [3.05, 3.63) is 39.2 Å². The largest absolute Gasteiger partial charge is 0.480 e. The Hall–Kier alpha value is -2.34. The highest BCUT2D eigenvalue weighted by atomic mass is 16.5. The zero-order chi connectivity index (χ0) is 20.8. The number of nitrogens with zero attached hydrogens (tertiary/aromatic N) is 1. The maximum absolute atomic E-state index is 13.0. The summed E-state index contributed by atoms with van der Waals surface area (Å²) in [7, 11) is 0. The predicted octanol–water partition coefficient (Wildman–Crippen LogP) is 3.66. The van der Waals surface area contributed by atoms with E-state index in [9.17, 15) is 9.59 Å². The molecule has 0 aliphatic carbocycles. The molecule has 6 heteroatoms. The normalized spacial score (nSPS) is 19.7. The highest BCUT2D eigenvalue weighted by molar-refractivity contribution is 5.89. The van der Waals surface area contributed by atoms with Crippen LogP contribution in [0.5, 0.6) is 5.75 Å². The summed E-state index contributed by atoms with van der Waals surface area (Å²) >= 11 is 0. The van der Waals surface area contributed by atoms with Crippen molar-refractivity contribution in [1.82, 2.24) is 4.90 Å². The second-order valence-electron chi connectivity index (χ2n) is 8.50. The summed E-state index contributed by atoms with van der Waals surface area (Å²) < 4.78 is 17.5. The summed E-state index contributed by atoms with van der Waals surface area (Å²) in [5.74, 6) is 0.567. The number of carbonyl (C=O) groups excluding carboxylic acids is 1. The predicted molar refractivity (Wildman–Crippen MR) is 111 cm³/mol. The van der Waals surface area contributed by atoms with Crippen LogP contribution in [-0.2, 0) is 9.53 Å². The van der Waals surface area contributed by atoms with E-state index in [0.29, 0.717) is 30.0 Å². The second kappa shape index (κ2) is 7.48. The number of fused-ring (bicyclic) bond motifs is 1. The Kier molecular flexibility index (Phi) is 5.15. The molecule has 2 aromatic rings. The highest BCUT2D eigenvalue weighted by Gasteiger charge is 2.40. The number of rotatable bonds is 3. The van der Waals surface area contributed by atoms with Crippen LogP contribution in [-0.4, -0.2) is 42.2 Å². The van der Waals surface area contributed by atoms with Crippen LogP contribution >= 0.6 is 0 Å². The van der Waals surface area contributed by atoms with Gasteiger partial charge in [0.2, 0.25) is 0 Å². The zero-order valence-electron chi connectivity index (χ0n) is 17.7. The first-order chi connectivity index (χ1) is 13.8. The number of hydrogen-bond acceptors (Lipinski definition) is 5. The lowest BCUT2D eigenvalue weighted by molar-refractivity contribution is -0.142. The molecule has 6 nitrogen and oxygen atoms in total. The average molecular weight is 399 g/mol. The van der Waals surface area contributed by atoms with E-state index in [-0.39, 0.29) is 17.1 Å². The molecule has 2 aliphatic rings. The Morgan fingerprint density at radius 3 is 2.52 bits per heavy atom. The van der Waals surface area contributed by atoms with Gasteiger partial charge >= 0.3 is 5.63 Å². The van der Waals surface area contributed by atoms with Crippen LogP contribution in [0.3, 0.4) is 0 Å².